The van der Waals surface area contributed by atoms with Gasteiger partial charge in [0.15, 0.2) is 5.96 Å². The SMILES string of the molecule is CC(C)CCCC(C)NC(N)=NCCc1ccco1.I. The topological polar surface area (TPSA) is 63.5 Å². The normalized spacial score (nSPS) is 13.1. The number of aliphatic imine (C=N–C) groups is 1. The molecule has 0 saturated heterocycles. The molecule has 1 aromatic rings. The highest BCUT2D eigenvalue weighted by molar-refractivity contribution is 14.0. The Morgan fingerprint density at radius 2 is 2.10 bits per heavy atom. The Hall–Kier alpha value is -0.720. The fraction of sp³-hybridized carbons (Fsp3) is 0.667. The van der Waals surface area contributed by atoms with E-state index in [1.807, 2.05) is 12.1 Å². The summed E-state index contributed by atoms with van der Waals surface area (Å²) in [7, 11) is 0. The second kappa shape index (κ2) is 11.0. The minimum atomic E-state index is 0. The monoisotopic (exact) mass is 393 g/mol. The van der Waals surface area contributed by atoms with Crippen LogP contribution in [0.1, 0.15) is 45.8 Å². The maximum Gasteiger partial charge on any atom is 0.188 e. The van der Waals surface area contributed by atoms with Crippen molar-refractivity contribution in [3.8, 4) is 0 Å². The van der Waals surface area contributed by atoms with Gasteiger partial charge in [0.25, 0.3) is 0 Å². The Bertz CT molecular complexity index is 363. The Labute approximate surface area is 139 Å². The molecule has 0 radical (unpaired) electrons. The third kappa shape index (κ3) is 9.23. The minimum Gasteiger partial charge on any atom is -0.469 e. The van der Waals surface area contributed by atoms with E-state index in [0.717, 1.165) is 24.5 Å². The molecule has 0 spiro atoms. The first-order valence-electron chi connectivity index (χ1n) is 7.16. The molecular weight excluding hydrogens is 365 g/mol. The van der Waals surface area contributed by atoms with E-state index in [-0.39, 0.29) is 24.0 Å². The van der Waals surface area contributed by atoms with Crippen molar-refractivity contribution in [3.63, 3.8) is 0 Å². The smallest absolute Gasteiger partial charge is 0.188 e. The van der Waals surface area contributed by atoms with E-state index in [4.69, 9.17) is 10.2 Å². The van der Waals surface area contributed by atoms with Crippen molar-refractivity contribution in [1.82, 2.24) is 5.32 Å². The third-order valence-corrected chi connectivity index (χ3v) is 3.03. The number of nitrogens with two attached hydrogens (primary N) is 1. The summed E-state index contributed by atoms with van der Waals surface area (Å²) in [5, 5.41) is 3.23. The number of hydrogen-bond donors (Lipinski definition) is 2. The van der Waals surface area contributed by atoms with Crippen LogP contribution in [0.4, 0.5) is 0 Å². The van der Waals surface area contributed by atoms with Gasteiger partial charge in [-0.2, -0.15) is 0 Å². The van der Waals surface area contributed by atoms with Gasteiger partial charge in [-0.05, 0) is 31.4 Å². The Kier molecular flexibility index (Phi) is 10.6. The summed E-state index contributed by atoms with van der Waals surface area (Å²) in [6, 6.07) is 4.22. The van der Waals surface area contributed by atoms with Gasteiger partial charge in [-0.15, -0.1) is 24.0 Å². The molecular formula is C15H28IN3O. The molecule has 3 N–H and O–H groups in total. The van der Waals surface area contributed by atoms with E-state index in [2.05, 4.69) is 31.1 Å². The molecule has 0 saturated carbocycles. The van der Waals surface area contributed by atoms with Crippen LogP contribution in [-0.2, 0) is 6.42 Å². The molecule has 0 aliphatic rings. The van der Waals surface area contributed by atoms with E-state index in [9.17, 15) is 0 Å². The van der Waals surface area contributed by atoms with Crippen molar-refractivity contribution >= 4 is 29.9 Å². The van der Waals surface area contributed by atoms with Crippen LogP contribution in [0.25, 0.3) is 0 Å². The Morgan fingerprint density at radius 1 is 1.35 bits per heavy atom. The zero-order valence-electron chi connectivity index (χ0n) is 12.8. The molecule has 0 fully saturated rings. The molecule has 0 aliphatic heterocycles. The zero-order chi connectivity index (χ0) is 14.1. The molecule has 4 nitrogen and oxygen atoms in total. The van der Waals surface area contributed by atoms with E-state index in [1.165, 1.54) is 12.8 Å². The predicted molar refractivity (Wildman–Crippen MR) is 95.6 cm³/mol. The average molecular weight is 393 g/mol. The zero-order valence-corrected chi connectivity index (χ0v) is 15.1. The summed E-state index contributed by atoms with van der Waals surface area (Å²) < 4.78 is 5.24. The highest BCUT2D eigenvalue weighted by Gasteiger charge is 2.03. The van der Waals surface area contributed by atoms with Crippen molar-refractivity contribution in [3.05, 3.63) is 24.2 Å². The largest absolute Gasteiger partial charge is 0.469 e. The van der Waals surface area contributed by atoms with Gasteiger partial charge in [0, 0.05) is 19.0 Å². The van der Waals surface area contributed by atoms with Crippen molar-refractivity contribution in [2.75, 3.05) is 6.54 Å². The van der Waals surface area contributed by atoms with Crippen LogP contribution in [0.5, 0.6) is 0 Å². The van der Waals surface area contributed by atoms with Crippen LogP contribution in [-0.4, -0.2) is 18.5 Å². The molecule has 0 bridgehead atoms. The number of nitrogens with zero attached hydrogens (tertiary/aromatic N) is 1. The van der Waals surface area contributed by atoms with Gasteiger partial charge in [0.05, 0.1) is 6.26 Å². The highest BCUT2D eigenvalue weighted by Crippen LogP contribution is 2.08. The quantitative estimate of drug-likeness (QED) is 0.403. The van der Waals surface area contributed by atoms with Crippen molar-refractivity contribution < 1.29 is 4.42 Å². The number of guanidine groups is 1. The number of halogens is 1. The van der Waals surface area contributed by atoms with E-state index >= 15 is 0 Å². The van der Waals surface area contributed by atoms with Gasteiger partial charge in [-0.3, -0.25) is 4.99 Å². The van der Waals surface area contributed by atoms with E-state index in [0.29, 0.717) is 18.5 Å². The summed E-state index contributed by atoms with van der Waals surface area (Å²) in [6.07, 6.45) is 6.09. The van der Waals surface area contributed by atoms with Crippen LogP contribution in [0.2, 0.25) is 0 Å². The minimum absolute atomic E-state index is 0. The number of furan rings is 1. The van der Waals surface area contributed by atoms with Crippen molar-refractivity contribution in [2.24, 2.45) is 16.6 Å². The summed E-state index contributed by atoms with van der Waals surface area (Å²) in [5.41, 5.74) is 5.85. The van der Waals surface area contributed by atoms with Crippen molar-refractivity contribution in [1.29, 1.82) is 0 Å². The maximum absolute atomic E-state index is 5.85. The first-order chi connectivity index (χ1) is 9.08. The molecule has 1 atom stereocenters. The van der Waals surface area contributed by atoms with Gasteiger partial charge >= 0.3 is 0 Å². The highest BCUT2D eigenvalue weighted by atomic mass is 127. The lowest BCUT2D eigenvalue weighted by atomic mass is 10.0. The first-order valence-corrected chi connectivity index (χ1v) is 7.16. The van der Waals surface area contributed by atoms with Gasteiger partial charge in [0.2, 0.25) is 0 Å². The number of nitrogens with one attached hydrogen (secondary N) is 1. The summed E-state index contributed by atoms with van der Waals surface area (Å²) >= 11 is 0. The predicted octanol–water partition coefficient (Wildman–Crippen LogP) is 3.56. The molecule has 0 aliphatic carbocycles. The third-order valence-electron chi connectivity index (χ3n) is 3.03. The molecule has 1 rings (SSSR count). The van der Waals surface area contributed by atoms with Gasteiger partial charge < -0.3 is 15.5 Å². The van der Waals surface area contributed by atoms with E-state index in [1.54, 1.807) is 6.26 Å². The van der Waals surface area contributed by atoms with Crippen molar-refractivity contribution in [2.45, 2.75) is 52.5 Å². The molecule has 1 aromatic heterocycles. The summed E-state index contributed by atoms with van der Waals surface area (Å²) in [6.45, 7) is 7.31. The molecule has 5 heteroatoms. The second-order valence-corrected chi connectivity index (χ2v) is 5.47. The van der Waals surface area contributed by atoms with E-state index < -0.39 is 0 Å². The standard InChI is InChI=1S/C15H27N3O.HI/c1-12(2)6-4-7-13(3)18-15(16)17-10-9-14-8-5-11-19-14;/h5,8,11-13H,4,6-7,9-10H2,1-3H3,(H3,16,17,18);1H. The molecule has 0 aromatic carbocycles. The lowest BCUT2D eigenvalue weighted by Gasteiger charge is -2.14. The van der Waals surface area contributed by atoms with Crippen LogP contribution < -0.4 is 11.1 Å². The fourth-order valence-electron chi connectivity index (χ4n) is 1.94. The van der Waals surface area contributed by atoms with Gasteiger partial charge in [-0.1, -0.05) is 26.7 Å². The number of rotatable bonds is 8. The van der Waals surface area contributed by atoms with Gasteiger partial charge in [-0.25, -0.2) is 0 Å². The maximum atomic E-state index is 5.85. The summed E-state index contributed by atoms with van der Waals surface area (Å²) in [5.74, 6) is 2.25. The Balaban J connectivity index is 0.00000361. The summed E-state index contributed by atoms with van der Waals surface area (Å²) in [4.78, 5) is 4.31. The molecule has 1 heterocycles. The first kappa shape index (κ1) is 19.3. The second-order valence-electron chi connectivity index (χ2n) is 5.47. The molecule has 20 heavy (non-hydrogen) atoms. The van der Waals surface area contributed by atoms with Crippen LogP contribution in [0.3, 0.4) is 0 Å². The lowest BCUT2D eigenvalue weighted by Crippen LogP contribution is -2.38. The number of hydrogen-bond acceptors (Lipinski definition) is 2. The van der Waals surface area contributed by atoms with Crippen LogP contribution in [0.15, 0.2) is 27.8 Å². The molecule has 116 valence electrons. The lowest BCUT2D eigenvalue weighted by molar-refractivity contribution is 0.493. The average Bonchev–Trinajstić information content (AvgIpc) is 2.81. The van der Waals surface area contributed by atoms with Crippen LogP contribution in [0, 0.1) is 5.92 Å². The molecule has 1 unspecified atom stereocenters. The Morgan fingerprint density at radius 3 is 2.70 bits per heavy atom. The van der Waals surface area contributed by atoms with Crippen LogP contribution >= 0.6 is 24.0 Å². The van der Waals surface area contributed by atoms with Gasteiger partial charge in [0.1, 0.15) is 5.76 Å². The fourth-order valence-corrected chi connectivity index (χ4v) is 1.94. The molecule has 0 amide bonds.